The van der Waals surface area contributed by atoms with Gasteiger partial charge in [-0.2, -0.15) is 18.4 Å². The highest BCUT2D eigenvalue weighted by atomic mass is 19.4. The molecule has 0 aliphatic carbocycles. The van der Waals surface area contributed by atoms with Crippen LogP contribution < -0.4 is 10.2 Å². The molecule has 0 saturated carbocycles. The van der Waals surface area contributed by atoms with Crippen molar-refractivity contribution in [3.05, 3.63) is 58.9 Å². The summed E-state index contributed by atoms with van der Waals surface area (Å²) >= 11 is 0. The first-order chi connectivity index (χ1) is 12.8. The number of amides is 1. The van der Waals surface area contributed by atoms with Crippen LogP contribution in [0.25, 0.3) is 0 Å². The van der Waals surface area contributed by atoms with Crippen molar-refractivity contribution < 1.29 is 22.4 Å². The Morgan fingerprint density at radius 3 is 2.41 bits per heavy atom. The van der Waals surface area contributed by atoms with Crippen LogP contribution in [-0.2, 0) is 6.18 Å². The monoisotopic (exact) mass is 377 g/mol. The number of halogens is 4. The van der Waals surface area contributed by atoms with Crippen LogP contribution in [0.5, 0.6) is 0 Å². The summed E-state index contributed by atoms with van der Waals surface area (Å²) in [5, 5.41) is 11.2. The fourth-order valence-electron chi connectivity index (χ4n) is 3.00. The first-order valence-corrected chi connectivity index (χ1v) is 8.27. The standard InChI is InChI=1S/C19H15F4N3O/c20-15-9-12(11-24)3-5-14(15)18(27)25-16-10-13(19(21,22)23)4-6-17(16)26-7-1-2-8-26/h3-6,9-10H,1-2,7-8H2,(H,25,27). The molecule has 27 heavy (non-hydrogen) atoms. The molecule has 3 rings (SSSR count). The Kier molecular flexibility index (Phi) is 5.04. The number of benzene rings is 2. The van der Waals surface area contributed by atoms with E-state index in [0.717, 1.165) is 37.1 Å². The van der Waals surface area contributed by atoms with Crippen molar-refractivity contribution in [2.75, 3.05) is 23.3 Å². The van der Waals surface area contributed by atoms with Gasteiger partial charge >= 0.3 is 6.18 Å². The molecule has 2 aromatic rings. The van der Waals surface area contributed by atoms with E-state index in [1.165, 1.54) is 12.1 Å². The van der Waals surface area contributed by atoms with E-state index in [2.05, 4.69) is 5.32 Å². The van der Waals surface area contributed by atoms with Gasteiger partial charge in [0.2, 0.25) is 0 Å². The molecule has 0 spiro atoms. The number of hydrogen-bond acceptors (Lipinski definition) is 3. The fraction of sp³-hybridized carbons (Fsp3) is 0.263. The summed E-state index contributed by atoms with van der Waals surface area (Å²) in [6, 6.07) is 8.19. The lowest BCUT2D eigenvalue weighted by Gasteiger charge is -2.23. The molecule has 1 amide bonds. The zero-order valence-electron chi connectivity index (χ0n) is 14.1. The van der Waals surface area contributed by atoms with E-state index < -0.39 is 23.5 Å². The molecule has 1 fully saturated rings. The van der Waals surface area contributed by atoms with Crippen LogP contribution in [0.1, 0.15) is 34.3 Å². The topological polar surface area (TPSA) is 56.1 Å². The summed E-state index contributed by atoms with van der Waals surface area (Å²) < 4.78 is 53.3. The highest BCUT2D eigenvalue weighted by Crippen LogP contribution is 2.36. The predicted octanol–water partition coefficient (Wildman–Crippen LogP) is 4.57. The number of nitrogens with one attached hydrogen (secondary N) is 1. The Balaban J connectivity index is 1.96. The molecule has 1 aliphatic rings. The summed E-state index contributed by atoms with van der Waals surface area (Å²) in [5.41, 5.74) is -0.774. The van der Waals surface area contributed by atoms with Crippen LogP contribution in [-0.4, -0.2) is 19.0 Å². The summed E-state index contributed by atoms with van der Waals surface area (Å²) in [5.74, 6) is -1.79. The van der Waals surface area contributed by atoms with Crippen LogP contribution in [0.4, 0.5) is 28.9 Å². The summed E-state index contributed by atoms with van der Waals surface area (Å²) in [7, 11) is 0. The maximum atomic E-state index is 14.1. The Labute approximate surface area is 153 Å². The van der Waals surface area contributed by atoms with Gasteiger partial charge < -0.3 is 10.2 Å². The number of nitriles is 1. The van der Waals surface area contributed by atoms with Crippen molar-refractivity contribution in [2.24, 2.45) is 0 Å². The van der Waals surface area contributed by atoms with Crippen LogP contribution in [0.2, 0.25) is 0 Å². The van der Waals surface area contributed by atoms with Crippen molar-refractivity contribution >= 4 is 17.3 Å². The van der Waals surface area contributed by atoms with Gasteiger partial charge in [0.05, 0.1) is 34.1 Å². The van der Waals surface area contributed by atoms with Crippen molar-refractivity contribution in [1.82, 2.24) is 0 Å². The second kappa shape index (κ2) is 7.27. The molecule has 1 saturated heterocycles. The molecular formula is C19H15F4N3O. The Morgan fingerprint density at radius 2 is 1.81 bits per heavy atom. The molecule has 0 bridgehead atoms. The van der Waals surface area contributed by atoms with E-state index >= 15 is 0 Å². The van der Waals surface area contributed by atoms with E-state index in [9.17, 15) is 22.4 Å². The third-order valence-corrected chi connectivity index (χ3v) is 4.36. The van der Waals surface area contributed by atoms with E-state index in [0.29, 0.717) is 18.8 Å². The molecule has 0 aromatic heterocycles. The fourth-order valence-corrected chi connectivity index (χ4v) is 3.00. The highest BCUT2D eigenvalue weighted by Gasteiger charge is 2.32. The smallest absolute Gasteiger partial charge is 0.370 e. The van der Waals surface area contributed by atoms with Gasteiger partial charge in [0, 0.05) is 13.1 Å². The summed E-state index contributed by atoms with van der Waals surface area (Å²) in [6.07, 6.45) is -2.76. The average Bonchev–Trinajstić information content (AvgIpc) is 3.15. The second-order valence-electron chi connectivity index (χ2n) is 6.18. The van der Waals surface area contributed by atoms with E-state index in [1.807, 2.05) is 4.90 Å². The number of alkyl halides is 3. The Morgan fingerprint density at radius 1 is 1.11 bits per heavy atom. The molecule has 0 radical (unpaired) electrons. The van der Waals surface area contributed by atoms with Gasteiger partial charge in [0.15, 0.2) is 0 Å². The lowest BCUT2D eigenvalue weighted by Crippen LogP contribution is -2.22. The van der Waals surface area contributed by atoms with Crippen LogP contribution in [0.15, 0.2) is 36.4 Å². The number of nitrogens with zero attached hydrogens (tertiary/aromatic N) is 2. The van der Waals surface area contributed by atoms with Crippen molar-refractivity contribution in [3.8, 4) is 6.07 Å². The number of rotatable bonds is 3. The molecular weight excluding hydrogens is 362 g/mol. The highest BCUT2D eigenvalue weighted by molar-refractivity contribution is 6.06. The van der Waals surface area contributed by atoms with Crippen LogP contribution in [0.3, 0.4) is 0 Å². The van der Waals surface area contributed by atoms with Gasteiger partial charge in [0.25, 0.3) is 5.91 Å². The van der Waals surface area contributed by atoms with Crippen molar-refractivity contribution in [1.29, 1.82) is 5.26 Å². The van der Waals surface area contributed by atoms with Gasteiger partial charge in [-0.3, -0.25) is 4.79 Å². The molecule has 1 aliphatic heterocycles. The second-order valence-corrected chi connectivity index (χ2v) is 6.18. The lowest BCUT2D eigenvalue weighted by atomic mass is 10.1. The van der Waals surface area contributed by atoms with Gasteiger partial charge in [-0.1, -0.05) is 0 Å². The normalized spacial score (nSPS) is 14.1. The molecule has 1 N–H and O–H groups in total. The lowest BCUT2D eigenvalue weighted by molar-refractivity contribution is -0.137. The van der Waals surface area contributed by atoms with Gasteiger partial charge in [-0.15, -0.1) is 0 Å². The maximum Gasteiger partial charge on any atom is 0.416 e. The maximum absolute atomic E-state index is 14.1. The van der Waals surface area contributed by atoms with E-state index in [-0.39, 0.29) is 16.8 Å². The van der Waals surface area contributed by atoms with Gasteiger partial charge in [-0.05, 0) is 49.2 Å². The Bertz CT molecular complexity index is 912. The third kappa shape index (κ3) is 4.03. The zero-order chi connectivity index (χ0) is 19.6. The summed E-state index contributed by atoms with van der Waals surface area (Å²) in [6.45, 7) is 1.33. The van der Waals surface area contributed by atoms with Gasteiger partial charge in [0.1, 0.15) is 5.82 Å². The van der Waals surface area contributed by atoms with Gasteiger partial charge in [-0.25, -0.2) is 4.39 Å². The summed E-state index contributed by atoms with van der Waals surface area (Å²) in [4.78, 5) is 14.3. The average molecular weight is 377 g/mol. The molecule has 2 aromatic carbocycles. The number of carbonyl (C=O) groups excluding carboxylic acids is 1. The quantitative estimate of drug-likeness (QED) is 0.798. The van der Waals surface area contributed by atoms with E-state index in [4.69, 9.17) is 5.26 Å². The molecule has 0 atom stereocenters. The van der Waals surface area contributed by atoms with Crippen LogP contribution >= 0.6 is 0 Å². The molecule has 140 valence electrons. The zero-order valence-corrected chi connectivity index (χ0v) is 14.1. The minimum atomic E-state index is -4.57. The number of carbonyl (C=O) groups is 1. The predicted molar refractivity (Wildman–Crippen MR) is 92.0 cm³/mol. The molecule has 0 unspecified atom stereocenters. The Hall–Kier alpha value is -3.08. The first-order valence-electron chi connectivity index (χ1n) is 8.27. The van der Waals surface area contributed by atoms with Crippen LogP contribution in [0, 0.1) is 17.1 Å². The number of hydrogen-bond donors (Lipinski definition) is 1. The van der Waals surface area contributed by atoms with E-state index in [1.54, 1.807) is 6.07 Å². The third-order valence-electron chi connectivity index (χ3n) is 4.36. The molecule has 1 heterocycles. The first kappa shape index (κ1) is 18.7. The molecule has 8 heteroatoms. The number of anilines is 2. The SMILES string of the molecule is N#Cc1ccc(C(=O)Nc2cc(C(F)(F)F)ccc2N2CCCC2)c(F)c1. The minimum absolute atomic E-state index is 0.0273. The van der Waals surface area contributed by atoms with Crippen molar-refractivity contribution in [2.45, 2.75) is 19.0 Å². The van der Waals surface area contributed by atoms with Crippen molar-refractivity contribution in [3.63, 3.8) is 0 Å². The minimum Gasteiger partial charge on any atom is -0.370 e. The largest absolute Gasteiger partial charge is 0.416 e. The molecule has 4 nitrogen and oxygen atoms in total.